The van der Waals surface area contributed by atoms with Gasteiger partial charge < -0.3 is 36.1 Å². The van der Waals surface area contributed by atoms with Crippen molar-refractivity contribution in [2.24, 2.45) is 11.3 Å². The molecule has 0 saturated heterocycles. The molecule has 2 unspecified atom stereocenters. The average Bonchev–Trinajstić information content (AvgIpc) is 2.84. The Balaban J connectivity index is -0.000000151. The normalized spacial score (nSPS) is 11.3. The maximum absolute atomic E-state index is 11.2. The average molecular weight is 650 g/mol. The Morgan fingerprint density at radius 3 is 2.03 bits per heavy atom. The van der Waals surface area contributed by atoms with Crippen LogP contribution in [0.3, 0.4) is 0 Å². The van der Waals surface area contributed by atoms with Gasteiger partial charge in [0.15, 0.2) is 5.97 Å². The van der Waals surface area contributed by atoms with E-state index in [4.69, 9.17) is 19.7 Å². The molecule has 0 bridgehead atoms. The van der Waals surface area contributed by atoms with E-state index in [0.717, 1.165) is 32.1 Å². The van der Waals surface area contributed by atoms with E-state index in [1.807, 2.05) is 6.92 Å². The summed E-state index contributed by atoms with van der Waals surface area (Å²) in [6.07, 6.45) is 10.8. The number of carbonyl (C=O) groups excluding carboxylic acids is 4. The van der Waals surface area contributed by atoms with Crippen molar-refractivity contribution >= 4 is 24.2 Å². The van der Waals surface area contributed by atoms with Gasteiger partial charge in [-0.3, -0.25) is 22.3 Å². The Morgan fingerprint density at radius 1 is 1.00 bits per heavy atom. The van der Waals surface area contributed by atoms with E-state index in [9.17, 15) is 19.2 Å². The summed E-state index contributed by atoms with van der Waals surface area (Å²) in [5.74, 6) is -0.817. The number of aliphatic hydroxyl groups is 2. The van der Waals surface area contributed by atoms with E-state index in [1.54, 1.807) is 26.6 Å². The summed E-state index contributed by atoms with van der Waals surface area (Å²) in [6, 6.07) is 0. The van der Waals surface area contributed by atoms with Crippen LogP contribution in [0.5, 0.6) is 0 Å². The fourth-order valence-electron chi connectivity index (χ4n) is 2.40. The second kappa shape index (κ2) is 33.1. The van der Waals surface area contributed by atoms with Crippen LogP contribution in [0.25, 0.3) is 0 Å². The summed E-state index contributed by atoms with van der Waals surface area (Å²) in [4.78, 5) is 42.6. The molecule has 0 amide bonds. The first-order chi connectivity index (χ1) is 17.4. The third kappa shape index (κ3) is 36.9. The first-order valence-corrected chi connectivity index (χ1v) is 13.2. The second-order valence-electron chi connectivity index (χ2n) is 9.20. The largest absolute Gasteiger partial charge is 2.00 e. The number of carbonyl (C=O) groups is 3. The quantitative estimate of drug-likeness (QED) is 0.0963. The topological polar surface area (TPSA) is 136 Å². The van der Waals surface area contributed by atoms with Crippen LogP contribution >= 0.6 is 0 Å². The molecule has 0 heterocycles. The number of rotatable bonds is 18. The van der Waals surface area contributed by atoms with Crippen LogP contribution in [0.2, 0.25) is 0 Å². The molecule has 0 aliphatic carbocycles. The van der Waals surface area contributed by atoms with Crippen LogP contribution in [0.1, 0.15) is 99.3 Å². The summed E-state index contributed by atoms with van der Waals surface area (Å²) in [6.45, 7) is 15.1. The maximum Gasteiger partial charge on any atom is 2.00 e. The van der Waals surface area contributed by atoms with Gasteiger partial charge in [0.25, 0.3) is 5.97 Å². The van der Waals surface area contributed by atoms with Crippen molar-refractivity contribution in [3.05, 3.63) is 13.3 Å². The molecule has 2 radical (unpaired) electrons. The van der Waals surface area contributed by atoms with Crippen molar-refractivity contribution in [1.82, 2.24) is 0 Å². The van der Waals surface area contributed by atoms with Gasteiger partial charge in [-0.25, -0.2) is 4.79 Å². The summed E-state index contributed by atoms with van der Waals surface area (Å²) in [7, 11) is 0. The van der Waals surface area contributed by atoms with Gasteiger partial charge in [0.2, 0.25) is 0 Å². The molecule has 0 spiro atoms. The Hall–Kier alpha value is -1.12. The number of esters is 3. The van der Waals surface area contributed by atoms with E-state index in [1.165, 1.54) is 26.2 Å². The monoisotopic (exact) mass is 649 g/mol. The van der Waals surface area contributed by atoms with Crippen LogP contribution in [-0.4, -0.2) is 66.9 Å². The van der Waals surface area contributed by atoms with Gasteiger partial charge in [-0.05, 0) is 25.7 Å². The Morgan fingerprint density at radius 2 is 1.59 bits per heavy atom. The molecule has 0 aliphatic heterocycles. The van der Waals surface area contributed by atoms with Gasteiger partial charge in [0, 0.05) is 23.4 Å². The van der Waals surface area contributed by atoms with Crippen molar-refractivity contribution in [2.75, 3.05) is 26.4 Å². The second-order valence-corrected chi connectivity index (χ2v) is 9.20. The summed E-state index contributed by atoms with van der Waals surface area (Å²) in [5.41, 5.74) is -0.811. The van der Waals surface area contributed by atoms with Gasteiger partial charge in [-0.15, -0.1) is 0 Å². The van der Waals surface area contributed by atoms with E-state index < -0.39 is 23.5 Å². The van der Waals surface area contributed by atoms with E-state index in [-0.39, 0.29) is 59.3 Å². The molecule has 0 saturated carbocycles. The third-order valence-electron chi connectivity index (χ3n) is 4.77. The maximum atomic E-state index is 11.2. The molecule has 0 fully saturated rings. The molecule has 2 N–H and O–H groups in total. The predicted molar refractivity (Wildman–Crippen MR) is 143 cm³/mol. The van der Waals surface area contributed by atoms with Gasteiger partial charge in [-0.1, -0.05) is 72.1 Å². The minimum Gasteiger partial charge on any atom is -0.542 e. The van der Waals surface area contributed by atoms with Crippen LogP contribution in [0.4, 0.5) is 0 Å². The first-order valence-electron chi connectivity index (χ1n) is 13.2. The predicted octanol–water partition coefficient (Wildman–Crippen LogP) is 4.32. The van der Waals surface area contributed by atoms with Crippen LogP contribution in [0, 0.1) is 24.7 Å². The molecule has 39 heavy (non-hydrogen) atoms. The Bertz CT molecular complexity index is 580. The number of hydrogen-bond donors (Lipinski definition) is 2. The smallest absolute Gasteiger partial charge is 0.542 e. The zero-order valence-corrected chi connectivity index (χ0v) is 26.6. The summed E-state index contributed by atoms with van der Waals surface area (Å²) in [5, 5.41) is 17.0. The molecular weight excluding hydrogens is 598 g/mol. The number of aliphatic hydroxyl groups excluding tert-OH is 2. The molecule has 0 aromatic heterocycles. The fourth-order valence-corrected chi connectivity index (χ4v) is 2.40. The van der Waals surface area contributed by atoms with Crippen LogP contribution in [0.15, 0.2) is 0 Å². The fraction of sp³-hybridized carbons (Fsp3) is 0.786. The molecule has 2 atom stereocenters. The first kappa shape index (κ1) is 47.7. The van der Waals surface area contributed by atoms with Gasteiger partial charge in [-0.2, -0.15) is 12.8 Å². The minimum atomic E-state index is -1.16. The molecule has 0 aromatic carbocycles. The number of hydrogen-bond acceptors (Lipinski definition) is 9. The standard InChI is InChI=1S/C12H23O2.C10H17O5.C6H11O2.2Co/c1-4-7-9-11(6-3)10-14-12(13)8-5-2;1-7(11)8(12)14-5-6-15-9(13)10(2,3)4;7-5-3-1-2-4-6-8;;/h8,11H,4-7,9-10H2,1-3H3;7,11H,2,5-6H2,1,3-4H3;7H,1-5H2;;/q3*-1;;+2. The summed E-state index contributed by atoms with van der Waals surface area (Å²) >= 11 is 0. The molecular formula is C28H51Co2O9-. The van der Waals surface area contributed by atoms with E-state index in [2.05, 4.69) is 25.5 Å². The Labute approximate surface area is 257 Å². The zero-order chi connectivity index (χ0) is 29.1. The van der Waals surface area contributed by atoms with Crippen LogP contribution < -0.4 is 0 Å². The molecule has 9 nitrogen and oxygen atoms in total. The molecule has 0 aliphatic rings. The zero-order valence-electron chi connectivity index (χ0n) is 24.6. The van der Waals surface area contributed by atoms with Gasteiger partial charge in [0.1, 0.15) is 19.3 Å². The molecule has 0 rings (SSSR count). The van der Waals surface area contributed by atoms with Crippen molar-refractivity contribution < 1.29 is 77.2 Å². The van der Waals surface area contributed by atoms with E-state index in [0.29, 0.717) is 18.9 Å². The van der Waals surface area contributed by atoms with Gasteiger partial charge in [0.05, 0.1) is 6.61 Å². The Kier molecular flexibility index (Phi) is 40.4. The minimum absolute atomic E-state index is 0. The number of unbranched alkanes of at least 4 members (excludes halogenated alkanes) is 4. The molecule has 236 valence electrons. The van der Waals surface area contributed by atoms with E-state index >= 15 is 0 Å². The van der Waals surface area contributed by atoms with Crippen molar-refractivity contribution in [1.29, 1.82) is 0 Å². The summed E-state index contributed by atoms with van der Waals surface area (Å²) < 4.78 is 14.5. The molecule has 0 aromatic rings. The third-order valence-corrected chi connectivity index (χ3v) is 4.77. The SMILES string of the molecule is CC[CH-]C(=O)OCC(CC)CCCC.O=[C-]CCCCCO.[CH2-]C(C)(C)C(=O)OCCOC(=O)C(C)O.[Co+2].[Co]. The van der Waals surface area contributed by atoms with Crippen molar-refractivity contribution in [2.45, 2.75) is 105 Å². The van der Waals surface area contributed by atoms with Crippen molar-refractivity contribution in [3.8, 4) is 0 Å². The van der Waals surface area contributed by atoms with Crippen molar-refractivity contribution in [3.63, 3.8) is 0 Å². The number of ether oxygens (including phenoxy) is 3. The van der Waals surface area contributed by atoms with Gasteiger partial charge >= 0.3 is 22.7 Å². The van der Waals surface area contributed by atoms with Crippen LogP contribution in [-0.2, 0) is 66.9 Å². The molecule has 11 heteroatoms.